The molecule has 0 bridgehead atoms. The number of aromatic hydroxyl groups is 1. The van der Waals surface area contributed by atoms with Crippen LogP contribution in [0.4, 0.5) is 5.69 Å². The molecule has 2 aromatic carbocycles. The number of nitrogens with zero attached hydrogens (tertiary/aromatic N) is 1. The Morgan fingerprint density at radius 3 is 2.27 bits per heavy atom. The number of ether oxygens (including phenoxy) is 2. The van der Waals surface area contributed by atoms with Crippen LogP contribution in [-0.4, -0.2) is 25.5 Å². The van der Waals surface area contributed by atoms with Crippen molar-refractivity contribution in [1.29, 1.82) is 0 Å². The number of hydrogen-bond acceptors (Lipinski definition) is 4. The van der Waals surface area contributed by atoms with E-state index in [1.807, 2.05) is 0 Å². The molecule has 0 aliphatic rings. The van der Waals surface area contributed by atoms with Crippen molar-refractivity contribution in [2.45, 2.75) is 0 Å². The van der Waals surface area contributed by atoms with E-state index >= 15 is 0 Å². The lowest BCUT2D eigenvalue weighted by atomic mass is 10.2. The van der Waals surface area contributed by atoms with Crippen molar-refractivity contribution in [2.24, 2.45) is 4.99 Å². The van der Waals surface area contributed by atoms with E-state index in [9.17, 15) is 5.11 Å². The first-order valence-corrected chi connectivity index (χ1v) is 7.23. The summed E-state index contributed by atoms with van der Waals surface area (Å²) >= 11 is 17.8. The molecule has 1 N–H and O–H groups in total. The molecule has 0 amide bonds. The molecule has 4 nitrogen and oxygen atoms in total. The molecular formula is C15H12Cl3NO3. The highest BCUT2D eigenvalue weighted by molar-refractivity contribution is 6.36. The van der Waals surface area contributed by atoms with Gasteiger partial charge in [0.1, 0.15) is 22.9 Å². The first-order chi connectivity index (χ1) is 10.5. The molecular weight excluding hydrogens is 349 g/mol. The molecule has 0 spiro atoms. The van der Waals surface area contributed by atoms with E-state index in [4.69, 9.17) is 44.3 Å². The maximum atomic E-state index is 9.90. The fourth-order valence-electron chi connectivity index (χ4n) is 1.77. The van der Waals surface area contributed by atoms with E-state index in [0.717, 1.165) is 0 Å². The first-order valence-electron chi connectivity index (χ1n) is 6.10. The van der Waals surface area contributed by atoms with Crippen LogP contribution in [0.25, 0.3) is 0 Å². The van der Waals surface area contributed by atoms with Gasteiger partial charge in [-0.15, -0.1) is 0 Å². The van der Waals surface area contributed by atoms with Gasteiger partial charge in [-0.1, -0.05) is 34.8 Å². The number of rotatable bonds is 4. The largest absolute Gasteiger partial charge is 0.506 e. The molecule has 0 heterocycles. The van der Waals surface area contributed by atoms with Gasteiger partial charge in [0, 0.05) is 22.9 Å². The highest BCUT2D eigenvalue weighted by Crippen LogP contribution is 2.38. The van der Waals surface area contributed by atoms with Crippen molar-refractivity contribution < 1.29 is 14.6 Å². The summed E-state index contributed by atoms with van der Waals surface area (Å²) in [4.78, 5) is 4.26. The third-order valence-corrected chi connectivity index (χ3v) is 3.66. The van der Waals surface area contributed by atoms with Gasteiger partial charge in [0.15, 0.2) is 0 Å². The number of benzene rings is 2. The van der Waals surface area contributed by atoms with Crippen LogP contribution in [0.2, 0.25) is 15.1 Å². The summed E-state index contributed by atoms with van der Waals surface area (Å²) in [7, 11) is 3.02. The van der Waals surface area contributed by atoms with Gasteiger partial charge in [-0.05, 0) is 18.2 Å². The second-order valence-corrected chi connectivity index (χ2v) is 5.49. The Hall–Kier alpha value is -1.62. The highest BCUT2D eigenvalue weighted by atomic mass is 35.5. The minimum atomic E-state index is -0.103. The Morgan fingerprint density at radius 1 is 0.955 bits per heavy atom. The second-order valence-electron chi connectivity index (χ2n) is 4.24. The van der Waals surface area contributed by atoms with Crippen molar-refractivity contribution in [3.63, 3.8) is 0 Å². The Bertz CT molecular complexity index is 732. The van der Waals surface area contributed by atoms with Crippen LogP contribution >= 0.6 is 34.8 Å². The molecule has 0 aliphatic carbocycles. The van der Waals surface area contributed by atoms with Gasteiger partial charge in [0.2, 0.25) is 0 Å². The van der Waals surface area contributed by atoms with Gasteiger partial charge in [0.05, 0.1) is 24.3 Å². The normalized spacial score (nSPS) is 11.0. The number of phenols is 1. The Labute approximate surface area is 142 Å². The zero-order valence-corrected chi connectivity index (χ0v) is 14.0. The fraction of sp³-hybridized carbons (Fsp3) is 0.133. The molecule has 0 radical (unpaired) electrons. The maximum absolute atomic E-state index is 9.90. The Kier molecular flexibility index (Phi) is 5.40. The average Bonchev–Trinajstić information content (AvgIpc) is 2.49. The van der Waals surface area contributed by atoms with E-state index in [1.54, 1.807) is 18.2 Å². The van der Waals surface area contributed by atoms with Crippen LogP contribution in [-0.2, 0) is 0 Å². The topological polar surface area (TPSA) is 51.0 Å². The third-order valence-electron chi connectivity index (χ3n) is 2.85. The monoisotopic (exact) mass is 359 g/mol. The predicted molar refractivity (Wildman–Crippen MR) is 89.9 cm³/mol. The summed E-state index contributed by atoms with van der Waals surface area (Å²) in [6.45, 7) is 0. The van der Waals surface area contributed by atoms with Crippen LogP contribution in [0, 0.1) is 0 Å². The molecule has 0 unspecified atom stereocenters. The van der Waals surface area contributed by atoms with Gasteiger partial charge >= 0.3 is 0 Å². The van der Waals surface area contributed by atoms with E-state index in [2.05, 4.69) is 4.99 Å². The van der Waals surface area contributed by atoms with Crippen LogP contribution in [0.15, 0.2) is 29.3 Å². The second kappa shape index (κ2) is 7.09. The molecule has 116 valence electrons. The summed E-state index contributed by atoms with van der Waals surface area (Å²) in [6, 6.07) is 6.21. The predicted octanol–water partition coefficient (Wildman–Crippen LogP) is 5.12. The Balaban J connectivity index is 2.44. The smallest absolute Gasteiger partial charge is 0.148 e. The molecule has 0 atom stereocenters. The summed E-state index contributed by atoms with van der Waals surface area (Å²) in [5.41, 5.74) is 0.857. The van der Waals surface area contributed by atoms with Crippen molar-refractivity contribution in [2.75, 3.05) is 14.2 Å². The van der Waals surface area contributed by atoms with Gasteiger partial charge in [0.25, 0.3) is 0 Å². The molecule has 7 heteroatoms. The fourth-order valence-corrected chi connectivity index (χ4v) is 2.51. The third kappa shape index (κ3) is 3.58. The lowest BCUT2D eigenvalue weighted by Gasteiger charge is -2.09. The molecule has 0 saturated heterocycles. The minimum Gasteiger partial charge on any atom is -0.506 e. The van der Waals surface area contributed by atoms with Crippen LogP contribution in [0.5, 0.6) is 17.2 Å². The average molecular weight is 361 g/mol. The molecule has 0 aromatic heterocycles. The molecule has 22 heavy (non-hydrogen) atoms. The standard InChI is InChI=1S/C15H12Cl3NO3/c1-21-13-6-14(22-2)12(5-10(13)17)19-7-8-3-9(16)4-11(18)15(8)20/h3-7,20H,1-2H3. The van der Waals surface area contributed by atoms with E-state index in [1.165, 1.54) is 26.5 Å². The molecule has 2 rings (SSSR count). The van der Waals surface area contributed by atoms with Crippen molar-refractivity contribution in [3.05, 3.63) is 44.9 Å². The van der Waals surface area contributed by atoms with Crippen molar-refractivity contribution in [1.82, 2.24) is 0 Å². The number of phenolic OH excluding ortho intramolecular Hbond substituents is 1. The lowest BCUT2D eigenvalue weighted by Crippen LogP contribution is -1.89. The van der Waals surface area contributed by atoms with Gasteiger partial charge in [-0.3, -0.25) is 4.99 Å². The van der Waals surface area contributed by atoms with E-state index in [0.29, 0.717) is 32.8 Å². The summed E-state index contributed by atoms with van der Waals surface area (Å²) in [5.74, 6) is 0.852. The quantitative estimate of drug-likeness (QED) is 0.770. The summed E-state index contributed by atoms with van der Waals surface area (Å²) in [6.07, 6.45) is 1.42. The van der Waals surface area contributed by atoms with Gasteiger partial charge < -0.3 is 14.6 Å². The van der Waals surface area contributed by atoms with Crippen molar-refractivity contribution >= 4 is 46.7 Å². The Morgan fingerprint density at radius 2 is 1.64 bits per heavy atom. The van der Waals surface area contributed by atoms with Crippen LogP contribution in [0.3, 0.4) is 0 Å². The van der Waals surface area contributed by atoms with Gasteiger partial charge in [-0.25, -0.2) is 0 Å². The lowest BCUT2D eigenvalue weighted by molar-refractivity contribution is 0.395. The SMILES string of the molecule is COc1cc(OC)c(N=Cc2cc(Cl)cc(Cl)c2O)cc1Cl. The molecule has 2 aromatic rings. The highest BCUT2D eigenvalue weighted by Gasteiger charge is 2.10. The minimum absolute atomic E-state index is 0.103. The van der Waals surface area contributed by atoms with Gasteiger partial charge in [-0.2, -0.15) is 0 Å². The molecule has 0 fully saturated rings. The van der Waals surface area contributed by atoms with E-state index in [-0.39, 0.29) is 10.8 Å². The number of aliphatic imine (C=N–C) groups is 1. The summed E-state index contributed by atoms with van der Waals surface area (Å²) in [5, 5.41) is 10.8. The van der Waals surface area contributed by atoms with Crippen LogP contribution < -0.4 is 9.47 Å². The summed E-state index contributed by atoms with van der Waals surface area (Å²) < 4.78 is 10.4. The maximum Gasteiger partial charge on any atom is 0.148 e. The van der Waals surface area contributed by atoms with Crippen LogP contribution in [0.1, 0.15) is 5.56 Å². The van der Waals surface area contributed by atoms with Crippen molar-refractivity contribution in [3.8, 4) is 17.2 Å². The zero-order valence-electron chi connectivity index (χ0n) is 11.7. The molecule has 0 aliphatic heterocycles. The zero-order chi connectivity index (χ0) is 16.3. The number of hydrogen-bond donors (Lipinski definition) is 1. The first kappa shape index (κ1) is 16.7. The number of methoxy groups -OCH3 is 2. The molecule has 0 saturated carbocycles. The van der Waals surface area contributed by atoms with E-state index < -0.39 is 0 Å². The number of halogens is 3.